The summed E-state index contributed by atoms with van der Waals surface area (Å²) in [5, 5.41) is 17.0. The van der Waals surface area contributed by atoms with E-state index in [9.17, 15) is 9.90 Å². The molecule has 13 heteroatoms. The molecule has 0 aliphatic rings. The van der Waals surface area contributed by atoms with E-state index in [1.54, 1.807) is 19.1 Å². The van der Waals surface area contributed by atoms with Gasteiger partial charge in [-0.15, -0.1) is 0 Å². The van der Waals surface area contributed by atoms with Gasteiger partial charge in [0.1, 0.15) is 0 Å². The van der Waals surface area contributed by atoms with Gasteiger partial charge >= 0.3 is 0 Å². The van der Waals surface area contributed by atoms with E-state index in [0.29, 0.717) is 78.2 Å². The second-order valence-corrected chi connectivity index (χ2v) is 11.5. The van der Waals surface area contributed by atoms with Gasteiger partial charge in [-0.1, -0.05) is 68.2 Å². The molecular formula is C31H46Cl2N4O7. The monoisotopic (exact) mass is 656 g/mol. The number of carbonyl (C=O) groups is 1. The molecule has 3 N–H and O–H groups in total. The summed E-state index contributed by atoms with van der Waals surface area (Å²) in [6.45, 7) is 11.3. The summed E-state index contributed by atoms with van der Waals surface area (Å²) in [6.07, 6.45) is 0. The van der Waals surface area contributed by atoms with Crippen molar-refractivity contribution in [3.05, 3.63) is 57.6 Å². The van der Waals surface area contributed by atoms with Crippen LogP contribution in [0.25, 0.3) is 0 Å². The van der Waals surface area contributed by atoms with Crippen molar-refractivity contribution in [1.82, 2.24) is 10.2 Å². The van der Waals surface area contributed by atoms with Crippen molar-refractivity contribution in [3.63, 3.8) is 0 Å². The number of phenols is 1. The molecule has 44 heavy (non-hydrogen) atoms. The number of hydrazone groups is 1. The number of benzene rings is 2. The van der Waals surface area contributed by atoms with Gasteiger partial charge in [0, 0.05) is 27.2 Å². The third kappa shape index (κ3) is 14.0. The number of halogens is 2. The van der Waals surface area contributed by atoms with Crippen LogP contribution in [0.2, 0.25) is 10.0 Å². The number of nitrogens with zero attached hydrogens (tertiary/aromatic N) is 2. The SMILES string of the molecule is CN/C(=N\Nc1cc(Cl)c(O)c(Cl)c1)C(=O)N(CCOCCOCCOCCOCCOC)Cc1ccc(C(C)(C)C)cc1. The van der Waals surface area contributed by atoms with Crippen LogP contribution >= 0.6 is 23.2 Å². The number of carbonyl (C=O) groups excluding carboxylic acids is 1. The van der Waals surface area contributed by atoms with Crippen molar-refractivity contribution in [2.45, 2.75) is 32.7 Å². The molecular weight excluding hydrogens is 611 g/mol. The third-order valence-electron chi connectivity index (χ3n) is 6.29. The molecule has 11 nitrogen and oxygen atoms in total. The average molecular weight is 658 g/mol. The highest BCUT2D eigenvalue weighted by Gasteiger charge is 2.21. The van der Waals surface area contributed by atoms with Crippen LogP contribution in [0, 0.1) is 0 Å². The van der Waals surface area contributed by atoms with Gasteiger partial charge in [-0.3, -0.25) is 10.2 Å². The largest absolute Gasteiger partial charge is 0.505 e. The normalized spacial score (nSPS) is 11.9. The zero-order valence-electron chi connectivity index (χ0n) is 26.3. The van der Waals surface area contributed by atoms with Crippen LogP contribution in [-0.4, -0.2) is 102 Å². The van der Waals surface area contributed by atoms with Gasteiger partial charge in [0.2, 0.25) is 5.84 Å². The molecule has 246 valence electrons. The number of ether oxygens (including phenoxy) is 5. The zero-order valence-corrected chi connectivity index (χ0v) is 27.8. The van der Waals surface area contributed by atoms with Gasteiger partial charge in [-0.05, 0) is 28.7 Å². The maximum Gasteiger partial charge on any atom is 0.291 e. The van der Waals surface area contributed by atoms with Crippen LogP contribution in [0.3, 0.4) is 0 Å². The lowest BCUT2D eigenvalue weighted by atomic mass is 9.87. The predicted octanol–water partition coefficient (Wildman–Crippen LogP) is 4.68. The van der Waals surface area contributed by atoms with Crippen molar-refractivity contribution in [1.29, 1.82) is 0 Å². The molecule has 0 aliphatic heterocycles. The van der Waals surface area contributed by atoms with Crippen LogP contribution in [0.4, 0.5) is 5.69 Å². The lowest BCUT2D eigenvalue weighted by Gasteiger charge is -2.24. The number of hydrogen-bond acceptors (Lipinski definition) is 9. The minimum absolute atomic E-state index is 0.0201. The molecule has 0 radical (unpaired) electrons. The van der Waals surface area contributed by atoms with E-state index in [4.69, 9.17) is 46.9 Å². The fraction of sp³-hybridized carbons (Fsp3) is 0.548. The summed E-state index contributed by atoms with van der Waals surface area (Å²) in [6, 6.07) is 11.1. The summed E-state index contributed by atoms with van der Waals surface area (Å²) < 4.78 is 27.0. The maximum absolute atomic E-state index is 13.6. The number of methoxy groups -OCH3 is 1. The third-order valence-corrected chi connectivity index (χ3v) is 6.86. The summed E-state index contributed by atoms with van der Waals surface area (Å²) in [5.41, 5.74) is 5.38. The predicted molar refractivity (Wildman–Crippen MR) is 174 cm³/mol. The molecule has 0 bridgehead atoms. The van der Waals surface area contributed by atoms with Crippen molar-refractivity contribution >= 4 is 40.6 Å². The van der Waals surface area contributed by atoms with Crippen molar-refractivity contribution in [2.24, 2.45) is 5.10 Å². The van der Waals surface area contributed by atoms with Crippen molar-refractivity contribution in [2.75, 3.05) is 85.6 Å². The Labute approximate surface area is 270 Å². The second-order valence-electron chi connectivity index (χ2n) is 10.7. The van der Waals surface area contributed by atoms with E-state index in [2.05, 4.69) is 48.7 Å². The Morgan fingerprint density at radius 2 is 1.36 bits per heavy atom. The molecule has 0 fully saturated rings. The van der Waals surface area contributed by atoms with E-state index in [0.717, 1.165) is 5.56 Å². The van der Waals surface area contributed by atoms with Gasteiger partial charge in [0.05, 0.1) is 75.2 Å². The van der Waals surface area contributed by atoms with Crippen LogP contribution in [0.5, 0.6) is 5.75 Å². The summed E-state index contributed by atoms with van der Waals surface area (Å²) >= 11 is 12.0. The minimum Gasteiger partial charge on any atom is -0.505 e. The highest BCUT2D eigenvalue weighted by atomic mass is 35.5. The van der Waals surface area contributed by atoms with Crippen molar-refractivity contribution in [3.8, 4) is 5.75 Å². The fourth-order valence-corrected chi connectivity index (χ4v) is 4.26. The lowest BCUT2D eigenvalue weighted by Crippen LogP contribution is -2.43. The van der Waals surface area contributed by atoms with Crippen molar-refractivity contribution < 1.29 is 33.6 Å². The van der Waals surface area contributed by atoms with Crippen LogP contribution in [0.15, 0.2) is 41.5 Å². The number of phenolic OH excluding ortho intramolecular Hbond substituents is 1. The van der Waals surface area contributed by atoms with Gasteiger partial charge in [-0.25, -0.2) is 0 Å². The molecule has 0 atom stereocenters. The molecule has 0 aliphatic carbocycles. The number of likely N-dealkylation sites (N-methyl/N-ethyl adjacent to an activating group) is 1. The lowest BCUT2D eigenvalue weighted by molar-refractivity contribution is -0.125. The molecule has 0 saturated heterocycles. The van der Waals surface area contributed by atoms with Crippen LogP contribution < -0.4 is 10.7 Å². The first kappa shape index (κ1) is 37.5. The Morgan fingerprint density at radius 1 is 0.864 bits per heavy atom. The Hall–Kier alpha value is -2.64. The fourth-order valence-electron chi connectivity index (χ4n) is 3.77. The Morgan fingerprint density at radius 3 is 1.84 bits per heavy atom. The quantitative estimate of drug-likeness (QED) is 0.0650. The van der Waals surface area contributed by atoms with Crippen LogP contribution in [-0.2, 0) is 40.4 Å². The Balaban J connectivity index is 1.92. The Bertz CT molecular complexity index is 1140. The first-order valence-corrected chi connectivity index (χ1v) is 15.2. The molecule has 2 aromatic carbocycles. The van der Waals surface area contributed by atoms with E-state index in [1.807, 2.05) is 12.1 Å². The van der Waals surface area contributed by atoms with Gasteiger partial charge < -0.3 is 39.0 Å². The number of amidine groups is 1. The van der Waals surface area contributed by atoms with Gasteiger partial charge in [0.25, 0.3) is 5.91 Å². The van der Waals surface area contributed by atoms with E-state index in [-0.39, 0.29) is 33.0 Å². The first-order valence-electron chi connectivity index (χ1n) is 14.4. The average Bonchev–Trinajstić information content (AvgIpc) is 2.99. The van der Waals surface area contributed by atoms with Crippen LogP contribution in [0.1, 0.15) is 31.9 Å². The molecule has 0 aromatic heterocycles. The number of aromatic hydroxyl groups is 1. The number of amides is 1. The Kier molecular flexibility index (Phi) is 17.4. The standard InChI is InChI=1S/C31H46Cl2N4O7/c1-31(2,3)24-8-6-23(7-9-24)22-37(10-11-41-14-15-43-18-19-44-17-16-42-13-12-40-5)30(39)29(34-4)36-35-25-20-26(32)28(38)27(33)21-25/h6-9,20-21,35,38H,10-19,22H2,1-5H3,(H,34,36). The molecule has 0 spiro atoms. The summed E-state index contributed by atoms with van der Waals surface area (Å²) in [4.78, 5) is 15.2. The molecule has 0 heterocycles. The number of rotatable bonds is 19. The second kappa shape index (κ2) is 20.4. The smallest absolute Gasteiger partial charge is 0.291 e. The molecule has 2 aromatic rings. The number of hydrogen-bond donors (Lipinski definition) is 3. The number of nitrogens with one attached hydrogen (secondary N) is 2. The first-order chi connectivity index (χ1) is 21.1. The van der Waals surface area contributed by atoms with E-state index < -0.39 is 0 Å². The minimum atomic E-state index is -0.334. The highest BCUT2D eigenvalue weighted by Crippen LogP contribution is 2.34. The zero-order chi connectivity index (χ0) is 32.4. The van der Waals surface area contributed by atoms with E-state index in [1.165, 1.54) is 17.7 Å². The summed E-state index contributed by atoms with van der Waals surface area (Å²) in [7, 11) is 3.24. The van der Waals surface area contributed by atoms with E-state index >= 15 is 0 Å². The topological polar surface area (TPSA) is 123 Å². The molecule has 0 saturated carbocycles. The molecule has 2 rings (SSSR count). The number of anilines is 1. The molecule has 0 unspecified atom stereocenters. The highest BCUT2D eigenvalue weighted by molar-refractivity contribution is 6.38. The summed E-state index contributed by atoms with van der Waals surface area (Å²) in [5.74, 6) is -0.488. The van der Waals surface area contributed by atoms with Gasteiger partial charge in [0.15, 0.2) is 5.75 Å². The maximum atomic E-state index is 13.6. The van der Waals surface area contributed by atoms with Gasteiger partial charge in [-0.2, -0.15) is 5.10 Å². The molecule has 1 amide bonds.